The summed E-state index contributed by atoms with van der Waals surface area (Å²) in [5.41, 5.74) is 1.86. The number of nitrogens with zero attached hydrogens (tertiary/aromatic N) is 2. The van der Waals surface area contributed by atoms with Gasteiger partial charge in [0.2, 0.25) is 5.91 Å². The molecule has 1 aromatic carbocycles. The maximum Gasteiger partial charge on any atom is 0.220 e. The van der Waals surface area contributed by atoms with Crippen LogP contribution in [0.15, 0.2) is 48.7 Å². The van der Waals surface area contributed by atoms with Crippen LogP contribution in [0, 0.1) is 0 Å². The Hall–Kier alpha value is -1.87. The van der Waals surface area contributed by atoms with Crippen molar-refractivity contribution in [2.75, 3.05) is 6.54 Å². The summed E-state index contributed by atoms with van der Waals surface area (Å²) in [5, 5.41) is 0.680. The van der Waals surface area contributed by atoms with Gasteiger partial charge in [-0.3, -0.25) is 9.78 Å². The molecule has 0 saturated carbocycles. The quantitative estimate of drug-likeness (QED) is 0.859. The number of hydrogen-bond acceptors (Lipinski definition) is 2. The number of pyridine rings is 1. The van der Waals surface area contributed by atoms with Gasteiger partial charge in [-0.15, -0.1) is 0 Å². The second-order valence-electron chi connectivity index (χ2n) is 4.51. The standard InChI is InChI=1S/C16H17ClN2O/c1-3-19(12(2)20)16(15-6-4-5-11-18-15)13-7-9-14(17)10-8-13/h4-11,16H,3H2,1-2H3/t16-/m1/s1. The SMILES string of the molecule is CCN(C(C)=O)[C@H](c1ccc(Cl)cc1)c1ccccn1. The van der Waals surface area contributed by atoms with Gasteiger partial charge in [0, 0.05) is 24.7 Å². The van der Waals surface area contributed by atoms with Gasteiger partial charge >= 0.3 is 0 Å². The van der Waals surface area contributed by atoms with E-state index >= 15 is 0 Å². The molecule has 0 bridgehead atoms. The highest BCUT2D eigenvalue weighted by Gasteiger charge is 2.24. The number of rotatable bonds is 4. The summed E-state index contributed by atoms with van der Waals surface area (Å²) in [6.45, 7) is 4.17. The maximum atomic E-state index is 11.9. The van der Waals surface area contributed by atoms with Crippen LogP contribution in [0.1, 0.15) is 31.1 Å². The summed E-state index contributed by atoms with van der Waals surface area (Å²) < 4.78 is 0. The normalized spacial score (nSPS) is 11.9. The first-order valence-corrected chi connectivity index (χ1v) is 6.95. The first kappa shape index (κ1) is 14.5. The predicted molar refractivity (Wildman–Crippen MR) is 80.6 cm³/mol. The van der Waals surface area contributed by atoms with Gasteiger partial charge in [0.05, 0.1) is 11.7 Å². The van der Waals surface area contributed by atoms with Crippen molar-refractivity contribution in [3.05, 3.63) is 64.9 Å². The minimum Gasteiger partial charge on any atom is -0.330 e. The molecule has 0 fully saturated rings. The van der Waals surface area contributed by atoms with Gasteiger partial charge in [-0.1, -0.05) is 29.8 Å². The average Bonchev–Trinajstić information content (AvgIpc) is 2.46. The Labute approximate surface area is 124 Å². The second-order valence-corrected chi connectivity index (χ2v) is 4.95. The van der Waals surface area contributed by atoms with E-state index in [1.54, 1.807) is 18.0 Å². The van der Waals surface area contributed by atoms with E-state index in [1.807, 2.05) is 49.4 Å². The zero-order valence-electron chi connectivity index (χ0n) is 11.6. The first-order chi connectivity index (χ1) is 9.63. The molecule has 3 nitrogen and oxygen atoms in total. The lowest BCUT2D eigenvalue weighted by Gasteiger charge is -2.30. The molecule has 2 aromatic rings. The van der Waals surface area contributed by atoms with E-state index in [0.717, 1.165) is 11.3 Å². The molecule has 1 atom stereocenters. The monoisotopic (exact) mass is 288 g/mol. The lowest BCUT2D eigenvalue weighted by atomic mass is 10.0. The topological polar surface area (TPSA) is 33.2 Å². The summed E-state index contributed by atoms with van der Waals surface area (Å²) >= 11 is 5.94. The molecule has 4 heteroatoms. The van der Waals surface area contributed by atoms with Crippen LogP contribution in [0.25, 0.3) is 0 Å². The van der Waals surface area contributed by atoms with Crippen LogP contribution >= 0.6 is 11.6 Å². The fourth-order valence-electron chi connectivity index (χ4n) is 2.28. The lowest BCUT2D eigenvalue weighted by molar-refractivity contribution is -0.130. The Morgan fingerprint density at radius 2 is 1.95 bits per heavy atom. The lowest BCUT2D eigenvalue weighted by Crippen LogP contribution is -2.34. The molecule has 0 N–H and O–H groups in total. The van der Waals surface area contributed by atoms with Crippen molar-refractivity contribution < 1.29 is 4.79 Å². The van der Waals surface area contributed by atoms with Crippen molar-refractivity contribution in [3.8, 4) is 0 Å². The molecule has 0 radical (unpaired) electrons. The Kier molecular flexibility index (Phi) is 4.74. The Bertz CT molecular complexity index is 569. The number of hydrogen-bond donors (Lipinski definition) is 0. The maximum absolute atomic E-state index is 11.9. The van der Waals surface area contributed by atoms with E-state index in [0.29, 0.717) is 11.6 Å². The van der Waals surface area contributed by atoms with Crippen molar-refractivity contribution in [2.45, 2.75) is 19.9 Å². The molecule has 0 aliphatic rings. The number of benzene rings is 1. The van der Waals surface area contributed by atoms with Crippen molar-refractivity contribution >= 4 is 17.5 Å². The molecule has 1 heterocycles. The van der Waals surface area contributed by atoms with Crippen LogP contribution in [-0.2, 0) is 4.79 Å². The molecule has 0 spiro atoms. The number of amides is 1. The minimum absolute atomic E-state index is 0.0260. The zero-order valence-corrected chi connectivity index (χ0v) is 12.3. The van der Waals surface area contributed by atoms with E-state index in [9.17, 15) is 4.79 Å². The van der Waals surface area contributed by atoms with Gasteiger partial charge in [-0.2, -0.15) is 0 Å². The Morgan fingerprint density at radius 3 is 2.45 bits per heavy atom. The van der Waals surface area contributed by atoms with E-state index in [2.05, 4.69) is 4.98 Å². The van der Waals surface area contributed by atoms with Crippen LogP contribution in [0.2, 0.25) is 5.02 Å². The largest absolute Gasteiger partial charge is 0.330 e. The molecule has 104 valence electrons. The molecule has 0 aliphatic carbocycles. The van der Waals surface area contributed by atoms with Crippen LogP contribution < -0.4 is 0 Å². The van der Waals surface area contributed by atoms with E-state index in [-0.39, 0.29) is 11.9 Å². The fraction of sp³-hybridized carbons (Fsp3) is 0.250. The fourth-order valence-corrected chi connectivity index (χ4v) is 2.41. The van der Waals surface area contributed by atoms with E-state index in [4.69, 9.17) is 11.6 Å². The molecule has 0 saturated heterocycles. The summed E-state index contributed by atoms with van der Waals surface area (Å²) in [6, 6.07) is 13.1. The molecule has 2 rings (SSSR count). The zero-order chi connectivity index (χ0) is 14.5. The molecule has 20 heavy (non-hydrogen) atoms. The van der Waals surface area contributed by atoms with Crippen molar-refractivity contribution in [1.29, 1.82) is 0 Å². The van der Waals surface area contributed by atoms with Crippen LogP contribution in [-0.4, -0.2) is 22.3 Å². The van der Waals surface area contributed by atoms with Crippen LogP contribution in [0.5, 0.6) is 0 Å². The number of halogens is 1. The number of aromatic nitrogens is 1. The van der Waals surface area contributed by atoms with E-state index < -0.39 is 0 Å². The van der Waals surface area contributed by atoms with Gasteiger partial charge in [0.1, 0.15) is 0 Å². The van der Waals surface area contributed by atoms with Crippen LogP contribution in [0.4, 0.5) is 0 Å². The van der Waals surface area contributed by atoms with Crippen LogP contribution in [0.3, 0.4) is 0 Å². The Morgan fingerprint density at radius 1 is 1.25 bits per heavy atom. The van der Waals surface area contributed by atoms with Gasteiger partial charge in [0.25, 0.3) is 0 Å². The summed E-state index contributed by atoms with van der Waals surface area (Å²) in [7, 11) is 0. The second kappa shape index (κ2) is 6.53. The molecule has 1 aromatic heterocycles. The predicted octanol–water partition coefficient (Wildman–Crippen LogP) is 3.69. The highest BCUT2D eigenvalue weighted by molar-refractivity contribution is 6.30. The minimum atomic E-state index is -0.184. The smallest absolute Gasteiger partial charge is 0.220 e. The summed E-state index contributed by atoms with van der Waals surface area (Å²) in [5.74, 6) is 0.0260. The summed E-state index contributed by atoms with van der Waals surface area (Å²) in [4.78, 5) is 18.1. The van der Waals surface area contributed by atoms with Crippen molar-refractivity contribution in [3.63, 3.8) is 0 Å². The third-order valence-electron chi connectivity index (χ3n) is 3.21. The average molecular weight is 289 g/mol. The molecule has 1 amide bonds. The number of carbonyl (C=O) groups is 1. The first-order valence-electron chi connectivity index (χ1n) is 6.57. The molecular formula is C16H17ClN2O. The van der Waals surface area contributed by atoms with Gasteiger partial charge in [-0.05, 0) is 36.8 Å². The van der Waals surface area contributed by atoms with Crippen molar-refractivity contribution in [1.82, 2.24) is 9.88 Å². The molecular weight excluding hydrogens is 272 g/mol. The third kappa shape index (κ3) is 3.17. The van der Waals surface area contributed by atoms with Gasteiger partial charge < -0.3 is 4.90 Å². The van der Waals surface area contributed by atoms with Crippen molar-refractivity contribution in [2.24, 2.45) is 0 Å². The van der Waals surface area contributed by atoms with Gasteiger partial charge in [0.15, 0.2) is 0 Å². The molecule has 0 unspecified atom stereocenters. The number of carbonyl (C=O) groups excluding carboxylic acids is 1. The highest BCUT2D eigenvalue weighted by atomic mass is 35.5. The molecule has 0 aliphatic heterocycles. The Balaban J connectivity index is 2.49. The summed E-state index contributed by atoms with van der Waals surface area (Å²) in [6.07, 6.45) is 1.74. The third-order valence-corrected chi connectivity index (χ3v) is 3.46. The van der Waals surface area contributed by atoms with Gasteiger partial charge in [-0.25, -0.2) is 0 Å². The highest BCUT2D eigenvalue weighted by Crippen LogP contribution is 2.28. The van der Waals surface area contributed by atoms with E-state index in [1.165, 1.54) is 0 Å².